The van der Waals surface area contributed by atoms with Crippen LogP contribution in [0.4, 0.5) is 0 Å². The summed E-state index contributed by atoms with van der Waals surface area (Å²) in [5, 5.41) is 60.7. The van der Waals surface area contributed by atoms with Crippen LogP contribution in [0.5, 0.6) is 0 Å². The highest BCUT2D eigenvalue weighted by Crippen LogP contribution is 2.26. The molecule has 2 fully saturated rings. The molecule has 2 heterocycles. The quantitative estimate of drug-likeness (QED) is 0.202. The highest BCUT2D eigenvalue weighted by atomic mass is 16.7. The van der Waals surface area contributed by atoms with Crippen LogP contribution in [0.15, 0.2) is 34.9 Å². The van der Waals surface area contributed by atoms with Gasteiger partial charge in [-0.05, 0) is 60.3 Å². The van der Waals surface area contributed by atoms with E-state index < -0.39 is 61.4 Å². The lowest BCUT2D eigenvalue weighted by Crippen LogP contribution is -2.61. The van der Waals surface area contributed by atoms with Gasteiger partial charge in [0.15, 0.2) is 12.6 Å². The van der Waals surface area contributed by atoms with Crippen LogP contribution in [-0.2, 0) is 18.9 Å². The monoisotopic (exact) mass is 530 g/mol. The second-order valence-corrected chi connectivity index (χ2v) is 10.3. The maximum absolute atomic E-state index is 10.3. The number of ether oxygens (including phenoxy) is 4. The molecule has 0 bridgehead atoms. The third-order valence-electron chi connectivity index (χ3n) is 6.72. The Labute approximate surface area is 219 Å². The molecule has 0 radical (unpaired) electrons. The first-order valence-corrected chi connectivity index (χ1v) is 13.0. The molecule has 214 valence electrons. The first kappa shape index (κ1) is 32.0. The van der Waals surface area contributed by atoms with Gasteiger partial charge in [0.05, 0.1) is 19.3 Å². The fourth-order valence-corrected chi connectivity index (χ4v) is 4.16. The lowest BCUT2D eigenvalue weighted by molar-refractivity contribution is -0.326. The highest BCUT2D eigenvalue weighted by Gasteiger charge is 2.46. The Balaban J connectivity index is 1.82. The van der Waals surface area contributed by atoms with Crippen LogP contribution in [0.2, 0.25) is 0 Å². The third-order valence-corrected chi connectivity index (χ3v) is 6.72. The number of aliphatic hydroxyl groups is 6. The van der Waals surface area contributed by atoms with Gasteiger partial charge in [-0.1, -0.05) is 34.9 Å². The molecule has 2 saturated heterocycles. The summed E-state index contributed by atoms with van der Waals surface area (Å²) in [6, 6.07) is 0. The predicted octanol–water partition coefficient (Wildman–Crippen LogP) is 1.07. The maximum atomic E-state index is 10.3. The fourth-order valence-electron chi connectivity index (χ4n) is 4.16. The molecule has 37 heavy (non-hydrogen) atoms. The molecule has 2 aliphatic heterocycles. The van der Waals surface area contributed by atoms with Crippen LogP contribution in [0.1, 0.15) is 60.3 Å². The van der Waals surface area contributed by atoms with Crippen molar-refractivity contribution in [3.05, 3.63) is 34.9 Å². The Morgan fingerprint density at radius 3 is 1.81 bits per heavy atom. The average molecular weight is 531 g/mol. The smallest absolute Gasteiger partial charge is 0.187 e. The Kier molecular flexibility index (Phi) is 13.4. The molecule has 0 aromatic rings. The van der Waals surface area contributed by atoms with Crippen molar-refractivity contribution in [1.29, 1.82) is 0 Å². The maximum Gasteiger partial charge on any atom is 0.187 e. The molecule has 2 aliphatic rings. The molecule has 0 spiro atoms. The van der Waals surface area contributed by atoms with Crippen LogP contribution in [0.25, 0.3) is 0 Å². The summed E-state index contributed by atoms with van der Waals surface area (Å²) in [5.74, 6) is 0. The number of rotatable bonds is 12. The van der Waals surface area contributed by atoms with Gasteiger partial charge in [-0.15, -0.1) is 0 Å². The van der Waals surface area contributed by atoms with E-state index in [2.05, 4.69) is 32.9 Å². The summed E-state index contributed by atoms with van der Waals surface area (Å²) < 4.78 is 22.1. The normalized spacial score (nSPS) is 37.5. The van der Waals surface area contributed by atoms with Crippen molar-refractivity contribution >= 4 is 0 Å². The van der Waals surface area contributed by atoms with E-state index in [0.717, 1.165) is 31.3 Å². The largest absolute Gasteiger partial charge is 0.388 e. The molecule has 0 aliphatic carbocycles. The lowest BCUT2D eigenvalue weighted by Gasteiger charge is -2.42. The topological polar surface area (TPSA) is 158 Å². The number of aliphatic hydroxyl groups excluding tert-OH is 6. The van der Waals surface area contributed by atoms with E-state index in [0.29, 0.717) is 0 Å². The van der Waals surface area contributed by atoms with Gasteiger partial charge in [-0.2, -0.15) is 0 Å². The van der Waals surface area contributed by atoms with Crippen molar-refractivity contribution in [2.45, 2.75) is 122 Å². The van der Waals surface area contributed by atoms with Gasteiger partial charge in [-0.25, -0.2) is 0 Å². The van der Waals surface area contributed by atoms with Crippen LogP contribution >= 0.6 is 0 Å². The van der Waals surface area contributed by atoms with Crippen molar-refractivity contribution in [2.75, 3.05) is 13.2 Å². The van der Waals surface area contributed by atoms with Gasteiger partial charge in [0.1, 0.15) is 42.7 Å². The average Bonchev–Trinajstić information content (AvgIpc) is 2.84. The first-order valence-electron chi connectivity index (χ1n) is 13.0. The number of allylic oxidation sites excluding steroid dienone is 5. The zero-order chi connectivity index (χ0) is 27.7. The SMILES string of the molecule is CC(C)=CCC/C(C)=C/CC/C(C)=C/CO[C@@H]1O[C@H](CO[C@@H]2O[C@@H](C)[C@H](O)[C@@H](O)[C@H]2O)[C@@H](O)[C@H](O)[C@H]1O. The van der Waals surface area contributed by atoms with Crippen LogP contribution in [0, 0.1) is 0 Å². The van der Waals surface area contributed by atoms with Crippen LogP contribution < -0.4 is 0 Å². The molecule has 0 aromatic heterocycles. The van der Waals surface area contributed by atoms with Crippen molar-refractivity contribution in [3.8, 4) is 0 Å². The summed E-state index contributed by atoms with van der Waals surface area (Å²) in [5.41, 5.74) is 3.79. The molecular weight excluding hydrogens is 484 g/mol. The van der Waals surface area contributed by atoms with Gasteiger partial charge < -0.3 is 49.6 Å². The summed E-state index contributed by atoms with van der Waals surface area (Å²) in [4.78, 5) is 0. The van der Waals surface area contributed by atoms with Gasteiger partial charge in [0, 0.05) is 0 Å². The molecule has 0 unspecified atom stereocenters. The summed E-state index contributed by atoms with van der Waals surface area (Å²) in [7, 11) is 0. The molecule has 2 rings (SSSR count). The summed E-state index contributed by atoms with van der Waals surface area (Å²) >= 11 is 0. The van der Waals surface area contributed by atoms with Gasteiger partial charge in [0.2, 0.25) is 0 Å². The first-order chi connectivity index (χ1) is 17.4. The molecule has 0 amide bonds. The zero-order valence-corrected chi connectivity index (χ0v) is 22.6. The standard InChI is InChI=1S/C27H46O10/c1-15(2)8-6-9-16(3)10-7-11-17(4)12-13-34-26-25(33)23(31)21(29)19(37-26)14-35-27-24(32)22(30)20(28)18(5)36-27/h8,10,12,18-33H,6-7,9,11,13-14H2,1-5H3/b16-10+,17-12+/t18-,19+,20-,21+,22+,23-,24+,25+,26+,27+/m0/s1. The van der Waals surface area contributed by atoms with Crippen molar-refractivity contribution < 1.29 is 49.6 Å². The minimum absolute atomic E-state index is 0.138. The minimum Gasteiger partial charge on any atom is -0.388 e. The van der Waals surface area contributed by atoms with Gasteiger partial charge in [0.25, 0.3) is 0 Å². The van der Waals surface area contributed by atoms with Crippen molar-refractivity contribution in [3.63, 3.8) is 0 Å². The molecule has 10 nitrogen and oxygen atoms in total. The second kappa shape index (κ2) is 15.4. The van der Waals surface area contributed by atoms with E-state index in [1.807, 2.05) is 13.0 Å². The Morgan fingerprint density at radius 1 is 0.649 bits per heavy atom. The Hall–Kier alpha value is -1.18. The van der Waals surface area contributed by atoms with Crippen LogP contribution in [0.3, 0.4) is 0 Å². The van der Waals surface area contributed by atoms with Crippen molar-refractivity contribution in [1.82, 2.24) is 0 Å². The van der Waals surface area contributed by atoms with E-state index in [1.54, 1.807) is 0 Å². The Morgan fingerprint density at radius 2 is 1.19 bits per heavy atom. The number of hydrogen-bond acceptors (Lipinski definition) is 10. The molecule has 6 N–H and O–H groups in total. The fraction of sp³-hybridized carbons (Fsp3) is 0.778. The highest BCUT2D eigenvalue weighted by molar-refractivity contribution is 5.05. The molecule has 0 aromatic carbocycles. The third kappa shape index (κ3) is 9.81. The molecular formula is C27H46O10. The van der Waals surface area contributed by atoms with E-state index in [-0.39, 0.29) is 13.2 Å². The number of hydrogen-bond donors (Lipinski definition) is 6. The van der Waals surface area contributed by atoms with E-state index in [4.69, 9.17) is 18.9 Å². The van der Waals surface area contributed by atoms with Crippen molar-refractivity contribution in [2.24, 2.45) is 0 Å². The van der Waals surface area contributed by atoms with Gasteiger partial charge >= 0.3 is 0 Å². The van der Waals surface area contributed by atoms with E-state index in [1.165, 1.54) is 18.1 Å². The molecule has 0 saturated carbocycles. The van der Waals surface area contributed by atoms with Crippen LogP contribution in [-0.4, -0.2) is 105 Å². The predicted molar refractivity (Wildman–Crippen MR) is 136 cm³/mol. The summed E-state index contributed by atoms with van der Waals surface area (Å²) in [6.45, 7) is 9.65. The van der Waals surface area contributed by atoms with Gasteiger partial charge in [-0.3, -0.25) is 0 Å². The summed E-state index contributed by atoms with van der Waals surface area (Å²) in [6.07, 6.45) is -2.91. The lowest BCUT2D eigenvalue weighted by atomic mass is 9.98. The molecule has 10 atom stereocenters. The second-order valence-electron chi connectivity index (χ2n) is 10.3. The minimum atomic E-state index is -1.54. The van der Waals surface area contributed by atoms with E-state index in [9.17, 15) is 30.6 Å². The Bertz CT molecular complexity index is 777. The van der Waals surface area contributed by atoms with E-state index >= 15 is 0 Å². The zero-order valence-electron chi connectivity index (χ0n) is 22.6. The molecule has 10 heteroatoms.